The average molecular weight is 248 g/mol. The van der Waals surface area contributed by atoms with Crippen molar-refractivity contribution in [2.45, 2.75) is 26.0 Å². The Morgan fingerprint density at radius 2 is 2.17 bits per heavy atom. The van der Waals surface area contributed by atoms with Gasteiger partial charge in [0.25, 0.3) is 0 Å². The number of carbonyl (C=O) groups excluding carboxylic acids is 1. The Bertz CT molecular complexity index is 447. The fourth-order valence-corrected chi connectivity index (χ4v) is 2.13. The topological polar surface area (TPSA) is 55.6 Å². The molecule has 1 saturated heterocycles. The molecule has 0 bridgehead atoms. The molecule has 0 aliphatic carbocycles. The van der Waals surface area contributed by atoms with Crippen LogP contribution in [0.2, 0.25) is 0 Å². The van der Waals surface area contributed by atoms with Gasteiger partial charge in [-0.2, -0.15) is 0 Å². The monoisotopic (exact) mass is 248 g/mol. The molecule has 0 radical (unpaired) electrons. The summed E-state index contributed by atoms with van der Waals surface area (Å²) in [6, 6.07) is 8.11. The van der Waals surface area contributed by atoms with E-state index in [0.29, 0.717) is 19.6 Å². The summed E-state index contributed by atoms with van der Waals surface area (Å²) >= 11 is 0. The molecule has 98 valence electrons. The summed E-state index contributed by atoms with van der Waals surface area (Å²) in [5.74, 6) is 0.0316. The molecular weight excluding hydrogens is 228 g/mol. The van der Waals surface area contributed by atoms with Gasteiger partial charge in [-0.05, 0) is 25.0 Å². The average Bonchev–Trinajstić information content (AvgIpc) is 2.37. The van der Waals surface area contributed by atoms with Gasteiger partial charge in [0.1, 0.15) is 6.61 Å². The standard InChI is InChI=1S/C14H20N2O2/c1-11-5-3-4-6-12(11)7-16-10-14(2,9-15)18-8-13(16)17/h3-6H,7-10,15H2,1-2H3. The van der Waals surface area contributed by atoms with Crippen molar-refractivity contribution in [2.75, 3.05) is 19.7 Å². The third kappa shape index (κ3) is 2.71. The van der Waals surface area contributed by atoms with E-state index in [1.54, 1.807) is 0 Å². The zero-order valence-electron chi connectivity index (χ0n) is 11.0. The first-order valence-electron chi connectivity index (χ1n) is 6.20. The summed E-state index contributed by atoms with van der Waals surface area (Å²) < 4.78 is 5.51. The number of nitrogens with zero attached hydrogens (tertiary/aromatic N) is 1. The first-order valence-corrected chi connectivity index (χ1v) is 6.20. The molecule has 1 atom stereocenters. The molecule has 1 amide bonds. The summed E-state index contributed by atoms with van der Waals surface area (Å²) in [4.78, 5) is 13.7. The molecule has 1 aromatic carbocycles. The van der Waals surface area contributed by atoms with Crippen LogP contribution in [0.5, 0.6) is 0 Å². The minimum atomic E-state index is -0.420. The summed E-state index contributed by atoms with van der Waals surface area (Å²) in [5, 5.41) is 0. The molecule has 1 aliphatic heterocycles. The first kappa shape index (κ1) is 13.1. The number of ether oxygens (including phenoxy) is 1. The minimum Gasteiger partial charge on any atom is -0.362 e. The van der Waals surface area contributed by atoms with Gasteiger partial charge in [0.15, 0.2) is 0 Å². The largest absolute Gasteiger partial charge is 0.362 e. The van der Waals surface area contributed by atoms with Crippen LogP contribution in [0.25, 0.3) is 0 Å². The van der Waals surface area contributed by atoms with Crippen molar-refractivity contribution in [2.24, 2.45) is 5.73 Å². The molecule has 1 fully saturated rings. The van der Waals surface area contributed by atoms with Crippen LogP contribution in [0.4, 0.5) is 0 Å². The third-order valence-electron chi connectivity index (χ3n) is 3.48. The fourth-order valence-electron chi connectivity index (χ4n) is 2.13. The maximum Gasteiger partial charge on any atom is 0.249 e. The second-order valence-electron chi connectivity index (χ2n) is 5.12. The number of amides is 1. The Hall–Kier alpha value is -1.39. The highest BCUT2D eigenvalue weighted by Crippen LogP contribution is 2.20. The lowest BCUT2D eigenvalue weighted by molar-refractivity contribution is -0.160. The second-order valence-corrected chi connectivity index (χ2v) is 5.12. The zero-order chi connectivity index (χ0) is 13.2. The molecular formula is C14H20N2O2. The van der Waals surface area contributed by atoms with Crippen molar-refractivity contribution in [1.82, 2.24) is 4.90 Å². The maximum absolute atomic E-state index is 11.9. The SMILES string of the molecule is Cc1ccccc1CN1CC(C)(CN)OCC1=O. The number of hydrogen-bond acceptors (Lipinski definition) is 3. The minimum absolute atomic E-state index is 0.0316. The molecule has 1 aliphatic rings. The van der Waals surface area contributed by atoms with Gasteiger partial charge in [0.05, 0.1) is 12.1 Å². The van der Waals surface area contributed by atoms with Gasteiger partial charge in [-0.1, -0.05) is 24.3 Å². The van der Waals surface area contributed by atoms with Gasteiger partial charge >= 0.3 is 0 Å². The van der Waals surface area contributed by atoms with E-state index < -0.39 is 5.60 Å². The van der Waals surface area contributed by atoms with Crippen molar-refractivity contribution >= 4 is 5.91 Å². The Balaban J connectivity index is 2.12. The molecule has 18 heavy (non-hydrogen) atoms. The smallest absolute Gasteiger partial charge is 0.249 e. The predicted octanol–water partition coefficient (Wildman–Crippen LogP) is 1.07. The Morgan fingerprint density at radius 1 is 1.44 bits per heavy atom. The van der Waals surface area contributed by atoms with E-state index in [2.05, 4.69) is 19.1 Å². The van der Waals surface area contributed by atoms with Crippen LogP contribution in [-0.4, -0.2) is 36.1 Å². The zero-order valence-corrected chi connectivity index (χ0v) is 11.0. The normalized spacial score (nSPS) is 24.4. The lowest BCUT2D eigenvalue weighted by Gasteiger charge is -2.39. The summed E-state index contributed by atoms with van der Waals surface area (Å²) in [7, 11) is 0. The molecule has 1 unspecified atom stereocenters. The van der Waals surface area contributed by atoms with Crippen LogP contribution >= 0.6 is 0 Å². The van der Waals surface area contributed by atoms with Gasteiger partial charge in [-0.15, -0.1) is 0 Å². The Kier molecular flexibility index (Phi) is 3.68. The van der Waals surface area contributed by atoms with Crippen molar-refractivity contribution in [3.63, 3.8) is 0 Å². The molecule has 4 nitrogen and oxygen atoms in total. The van der Waals surface area contributed by atoms with Crippen LogP contribution in [0.3, 0.4) is 0 Å². The molecule has 1 heterocycles. The van der Waals surface area contributed by atoms with Crippen molar-refractivity contribution in [1.29, 1.82) is 0 Å². The van der Waals surface area contributed by atoms with Crippen LogP contribution < -0.4 is 5.73 Å². The van der Waals surface area contributed by atoms with E-state index in [9.17, 15) is 4.79 Å². The van der Waals surface area contributed by atoms with Crippen molar-refractivity contribution < 1.29 is 9.53 Å². The van der Waals surface area contributed by atoms with E-state index in [1.165, 1.54) is 11.1 Å². The molecule has 1 aromatic rings. The van der Waals surface area contributed by atoms with E-state index in [1.807, 2.05) is 24.0 Å². The first-order chi connectivity index (χ1) is 8.54. The van der Waals surface area contributed by atoms with Crippen LogP contribution in [0.15, 0.2) is 24.3 Å². The Labute approximate surface area is 108 Å². The highest BCUT2D eigenvalue weighted by Gasteiger charge is 2.34. The van der Waals surface area contributed by atoms with E-state index in [4.69, 9.17) is 10.5 Å². The van der Waals surface area contributed by atoms with E-state index in [0.717, 1.165) is 0 Å². The number of nitrogens with two attached hydrogens (primary N) is 1. The van der Waals surface area contributed by atoms with E-state index >= 15 is 0 Å². The molecule has 2 rings (SSSR count). The fraction of sp³-hybridized carbons (Fsp3) is 0.500. The number of benzene rings is 1. The molecule has 4 heteroatoms. The summed E-state index contributed by atoms with van der Waals surface area (Å²) in [6.45, 7) is 5.73. The highest BCUT2D eigenvalue weighted by atomic mass is 16.5. The van der Waals surface area contributed by atoms with Crippen LogP contribution in [-0.2, 0) is 16.1 Å². The van der Waals surface area contributed by atoms with Crippen LogP contribution in [0.1, 0.15) is 18.1 Å². The number of morpholine rings is 1. The van der Waals surface area contributed by atoms with Gasteiger partial charge in [-0.3, -0.25) is 4.79 Å². The van der Waals surface area contributed by atoms with E-state index in [-0.39, 0.29) is 12.5 Å². The quantitative estimate of drug-likeness (QED) is 0.870. The summed E-state index contributed by atoms with van der Waals surface area (Å²) in [5.41, 5.74) is 7.66. The lowest BCUT2D eigenvalue weighted by atomic mass is 10.0. The molecule has 0 saturated carbocycles. The van der Waals surface area contributed by atoms with Crippen molar-refractivity contribution in [3.05, 3.63) is 35.4 Å². The highest BCUT2D eigenvalue weighted by molar-refractivity contribution is 5.78. The number of hydrogen-bond donors (Lipinski definition) is 1. The predicted molar refractivity (Wildman–Crippen MR) is 70.0 cm³/mol. The maximum atomic E-state index is 11.9. The van der Waals surface area contributed by atoms with Crippen LogP contribution in [0, 0.1) is 6.92 Å². The lowest BCUT2D eigenvalue weighted by Crippen LogP contribution is -2.56. The van der Waals surface area contributed by atoms with Gasteiger partial charge in [-0.25, -0.2) is 0 Å². The van der Waals surface area contributed by atoms with Gasteiger partial charge in [0.2, 0.25) is 5.91 Å². The van der Waals surface area contributed by atoms with Gasteiger partial charge < -0.3 is 15.4 Å². The molecule has 0 spiro atoms. The number of rotatable bonds is 3. The Morgan fingerprint density at radius 3 is 2.83 bits per heavy atom. The third-order valence-corrected chi connectivity index (χ3v) is 3.48. The number of aryl methyl sites for hydroxylation is 1. The van der Waals surface area contributed by atoms with Crippen molar-refractivity contribution in [3.8, 4) is 0 Å². The molecule has 2 N–H and O–H groups in total. The summed E-state index contributed by atoms with van der Waals surface area (Å²) in [6.07, 6.45) is 0. The number of carbonyl (C=O) groups is 1. The molecule has 0 aromatic heterocycles. The second kappa shape index (κ2) is 5.08. The van der Waals surface area contributed by atoms with Gasteiger partial charge in [0, 0.05) is 13.1 Å².